The number of aromatic nitrogens is 2. The van der Waals surface area contributed by atoms with Gasteiger partial charge in [-0.15, -0.1) is 11.3 Å². The number of carbonyl (C=O) groups excluding carboxylic acids is 1. The first kappa shape index (κ1) is 15.2. The normalized spacial score (nSPS) is 10.3. The molecule has 0 radical (unpaired) electrons. The molecule has 2 heterocycles. The Hall–Kier alpha value is -2.73. The van der Waals surface area contributed by atoms with Crippen LogP contribution in [-0.2, 0) is 13.0 Å². The average molecular weight is 324 g/mol. The van der Waals surface area contributed by atoms with Gasteiger partial charge in [0.2, 0.25) is 0 Å². The number of anilines is 1. The number of pyridine rings is 1. The fourth-order valence-corrected chi connectivity index (χ4v) is 2.78. The first-order valence-corrected chi connectivity index (χ1v) is 8.09. The fourth-order valence-electron chi connectivity index (χ4n) is 2.07. The maximum absolute atomic E-state index is 11.9. The molecule has 3 rings (SSSR count). The second-order valence-electron chi connectivity index (χ2n) is 4.97. The van der Waals surface area contributed by atoms with Gasteiger partial charge in [-0.25, -0.2) is 9.78 Å². The molecule has 2 aromatic heterocycles. The highest BCUT2D eigenvalue weighted by molar-refractivity contribution is 7.13. The second kappa shape index (κ2) is 7.51. The summed E-state index contributed by atoms with van der Waals surface area (Å²) in [6, 6.07) is 13.6. The molecule has 0 bridgehead atoms. The van der Waals surface area contributed by atoms with E-state index in [-0.39, 0.29) is 6.03 Å². The van der Waals surface area contributed by atoms with Gasteiger partial charge in [0.05, 0.1) is 5.69 Å². The van der Waals surface area contributed by atoms with E-state index in [1.807, 2.05) is 35.7 Å². The van der Waals surface area contributed by atoms with Crippen molar-refractivity contribution in [3.63, 3.8) is 0 Å². The number of amides is 2. The van der Waals surface area contributed by atoms with Crippen molar-refractivity contribution in [2.45, 2.75) is 13.0 Å². The highest BCUT2D eigenvalue weighted by atomic mass is 32.1. The standard InChI is InChI=1S/C17H16N4OS/c22-16(19-11-14-6-8-18-9-7-14)21-17-20-15(12-23-17)10-13-4-2-1-3-5-13/h1-9,12H,10-11H2,(H2,19,20,21,22). The molecule has 0 aliphatic heterocycles. The summed E-state index contributed by atoms with van der Waals surface area (Å²) in [5, 5.41) is 8.12. The molecule has 23 heavy (non-hydrogen) atoms. The van der Waals surface area contributed by atoms with Gasteiger partial charge < -0.3 is 5.32 Å². The van der Waals surface area contributed by atoms with Crippen LogP contribution in [0.15, 0.2) is 60.2 Å². The summed E-state index contributed by atoms with van der Waals surface area (Å²) in [6.07, 6.45) is 4.16. The number of hydrogen-bond donors (Lipinski definition) is 2. The number of thiazole rings is 1. The molecule has 5 nitrogen and oxygen atoms in total. The van der Waals surface area contributed by atoms with Gasteiger partial charge >= 0.3 is 6.03 Å². The number of carbonyl (C=O) groups is 1. The summed E-state index contributed by atoms with van der Waals surface area (Å²) in [5.41, 5.74) is 3.15. The Morgan fingerprint density at radius 2 is 1.83 bits per heavy atom. The highest BCUT2D eigenvalue weighted by Gasteiger charge is 2.07. The van der Waals surface area contributed by atoms with E-state index < -0.39 is 0 Å². The average Bonchev–Trinajstić information content (AvgIpc) is 3.02. The monoisotopic (exact) mass is 324 g/mol. The molecule has 116 valence electrons. The minimum atomic E-state index is -0.262. The van der Waals surface area contributed by atoms with E-state index in [2.05, 4.69) is 32.7 Å². The molecule has 6 heteroatoms. The molecular weight excluding hydrogens is 308 g/mol. The predicted octanol–water partition coefficient (Wildman–Crippen LogP) is 3.45. The van der Waals surface area contributed by atoms with E-state index in [9.17, 15) is 4.79 Å². The predicted molar refractivity (Wildman–Crippen MR) is 91.5 cm³/mol. The van der Waals surface area contributed by atoms with Gasteiger partial charge in [0, 0.05) is 30.7 Å². The van der Waals surface area contributed by atoms with E-state index >= 15 is 0 Å². The number of nitrogens with one attached hydrogen (secondary N) is 2. The number of benzene rings is 1. The Bertz CT molecular complexity index is 759. The van der Waals surface area contributed by atoms with Crippen LogP contribution < -0.4 is 10.6 Å². The lowest BCUT2D eigenvalue weighted by molar-refractivity contribution is 0.251. The Labute approximate surface area is 138 Å². The minimum absolute atomic E-state index is 0.262. The van der Waals surface area contributed by atoms with Gasteiger partial charge in [-0.05, 0) is 23.3 Å². The lowest BCUT2D eigenvalue weighted by Crippen LogP contribution is -2.28. The van der Waals surface area contributed by atoms with Crippen molar-refractivity contribution in [2.24, 2.45) is 0 Å². The molecule has 2 N–H and O–H groups in total. The number of urea groups is 1. The molecule has 0 spiro atoms. The van der Waals surface area contributed by atoms with Crippen LogP contribution in [-0.4, -0.2) is 16.0 Å². The molecule has 1 aromatic carbocycles. The maximum atomic E-state index is 11.9. The smallest absolute Gasteiger partial charge is 0.321 e. The second-order valence-corrected chi connectivity index (χ2v) is 5.83. The molecular formula is C17H16N4OS. The largest absolute Gasteiger partial charge is 0.334 e. The van der Waals surface area contributed by atoms with E-state index in [0.29, 0.717) is 11.7 Å². The van der Waals surface area contributed by atoms with Crippen molar-refractivity contribution < 1.29 is 4.79 Å². The molecule has 2 amide bonds. The van der Waals surface area contributed by atoms with E-state index in [1.54, 1.807) is 12.4 Å². The van der Waals surface area contributed by atoms with Crippen LogP contribution in [0.25, 0.3) is 0 Å². The summed E-state index contributed by atoms with van der Waals surface area (Å²) >= 11 is 1.43. The van der Waals surface area contributed by atoms with Gasteiger partial charge in [0.1, 0.15) is 0 Å². The van der Waals surface area contributed by atoms with Crippen LogP contribution in [0.2, 0.25) is 0 Å². The van der Waals surface area contributed by atoms with Gasteiger partial charge in [-0.1, -0.05) is 30.3 Å². The van der Waals surface area contributed by atoms with Crippen LogP contribution >= 0.6 is 11.3 Å². The summed E-state index contributed by atoms with van der Waals surface area (Å²) < 4.78 is 0. The van der Waals surface area contributed by atoms with Crippen LogP contribution in [0.4, 0.5) is 9.93 Å². The number of hydrogen-bond acceptors (Lipinski definition) is 4. The van der Waals surface area contributed by atoms with E-state index in [0.717, 1.165) is 17.7 Å². The first-order valence-electron chi connectivity index (χ1n) is 7.22. The van der Waals surface area contributed by atoms with Crippen molar-refractivity contribution in [3.05, 3.63) is 77.1 Å². The molecule has 0 saturated carbocycles. The molecule has 0 saturated heterocycles. The fraction of sp³-hybridized carbons (Fsp3) is 0.118. The lowest BCUT2D eigenvalue weighted by atomic mass is 10.1. The summed E-state index contributed by atoms with van der Waals surface area (Å²) in [4.78, 5) is 20.3. The highest BCUT2D eigenvalue weighted by Crippen LogP contribution is 2.18. The Kier molecular flexibility index (Phi) is 4.95. The van der Waals surface area contributed by atoms with E-state index in [1.165, 1.54) is 16.9 Å². The summed E-state index contributed by atoms with van der Waals surface area (Å²) in [5.74, 6) is 0. The molecule has 3 aromatic rings. The van der Waals surface area contributed by atoms with Gasteiger partial charge in [0.25, 0.3) is 0 Å². The minimum Gasteiger partial charge on any atom is -0.334 e. The number of rotatable bonds is 5. The zero-order valence-corrected chi connectivity index (χ0v) is 13.2. The van der Waals surface area contributed by atoms with Crippen LogP contribution in [0.3, 0.4) is 0 Å². The van der Waals surface area contributed by atoms with Crippen molar-refractivity contribution in [3.8, 4) is 0 Å². The van der Waals surface area contributed by atoms with Gasteiger partial charge in [0.15, 0.2) is 5.13 Å². The Balaban J connectivity index is 1.51. The zero-order chi connectivity index (χ0) is 15.9. The quantitative estimate of drug-likeness (QED) is 0.755. The zero-order valence-electron chi connectivity index (χ0n) is 12.4. The van der Waals surface area contributed by atoms with Crippen molar-refractivity contribution >= 4 is 22.5 Å². The van der Waals surface area contributed by atoms with Gasteiger partial charge in [-0.2, -0.15) is 0 Å². The van der Waals surface area contributed by atoms with Crippen LogP contribution in [0, 0.1) is 0 Å². The van der Waals surface area contributed by atoms with Crippen molar-refractivity contribution in [1.29, 1.82) is 0 Å². The maximum Gasteiger partial charge on any atom is 0.321 e. The van der Waals surface area contributed by atoms with Crippen LogP contribution in [0.1, 0.15) is 16.8 Å². The van der Waals surface area contributed by atoms with Crippen LogP contribution in [0.5, 0.6) is 0 Å². The summed E-state index contributed by atoms with van der Waals surface area (Å²) in [7, 11) is 0. The molecule has 0 aliphatic rings. The Morgan fingerprint density at radius 3 is 2.61 bits per heavy atom. The number of nitrogens with zero attached hydrogens (tertiary/aromatic N) is 2. The molecule has 0 unspecified atom stereocenters. The third kappa shape index (κ3) is 4.62. The Morgan fingerprint density at radius 1 is 1.04 bits per heavy atom. The lowest BCUT2D eigenvalue weighted by Gasteiger charge is -2.05. The third-order valence-electron chi connectivity index (χ3n) is 3.20. The van der Waals surface area contributed by atoms with Crippen molar-refractivity contribution in [2.75, 3.05) is 5.32 Å². The SMILES string of the molecule is O=C(NCc1ccncc1)Nc1nc(Cc2ccccc2)cs1. The van der Waals surface area contributed by atoms with E-state index in [4.69, 9.17) is 0 Å². The molecule has 0 atom stereocenters. The topological polar surface area (TPSA) is 66.9 Å². The van der Waals surface area contributed by atoms with Gasteiger partial charge in [-0.3, -0.25) is 10.3 Å². The van der Waals surface area contributed by atoms with Crippen molar-refractivity contribution in [1.82, 2.24) is 15.3 Å². The first-order chi connectivity index (χ1) is 11.3. The molecule has 0 fully saturated rings. The third-order valence-corrected chi connectivity index (χ3v) is 4.01. The summed E-state index contributed by atoms with van der Waals surface area (Å²) in [6.45, 7) is 0.455. The molecule has 0 aliphatic carbocycles.